The zero-order valence-electron chi connectivity index (χ0n) is 17.6. The molecule has 35 heavy (non-hydrogen) atoms. The molecule has 4 rings (SSSR count). The van der Waals surface area contributed by atoms with Crippen molar-refractivity contribution >= 4 is 28.4 Å². The molecule has 4 aromatic rings. The molecule has 0 saturated heterocycles. The van der Waals surface area contributed by atoms with Crippen molar-refractivity contribution in [3.8, 4) is 6.07 Å². The minimum atomic E-state index is -4.95. The number of carbonyl (C=O) groups is 2. The number of nitriles is 1. The number of primary amides is 1. The summed E-state index contributed by atoms with van der Waals surface area (Å²) in [6.07, 6.45) is -4.95. The smallest absolute Gasteiger partial charge is 0.366 e. The Bertz CT molecular complexity index is 1530. The van der Waals surface area contributed by atoms with Gasteiger partial charge in [-0.2, -0.15) is 23.5 Å². The van der Waals surface area contributed by atoms with E-state index in [1.54, 1.807) is 6.07 Å². The van der Waals surface area contributed by atoms with Gasteiger partial charge in [-0.25, -0.2) is 9.37 Å². The Kier molecular flexibility index (Phi) is 5.69. The molecule has 0 aliphatic heterocycles. The van der Waals surface area contributed by atoms with E-state index in [2.05, 4.69) is 20.6 Å². The van der Waals surface area contributed by atoms with Crippen LogP contribution in [0.1, 0.15) is 43.7 Å². The summed E-state index contributed by atoms with van der Waals surface area (Å²) in [7, 11) is 0. The molecule has 0 saturated carbocycles. The molecule has 0 aliphatic rings. The van der Waals surface area contributed by atoms with Crippen molar-refractivity contribution in [3.05, 3.63) is 70.2 Å². The highest BCUT2D eigenvalue weighted by atomic mass is 19.4. The number of aromatic nitrogens is 4. The van der Waals surface area contributed by atoms with Gasteiger partial charge in [0.2, 0.25) is 5.91 Å². The molecule has 0 atom stereocenters. The first kappa shape index (κ1) is 23.4. The molecule has 0 fully saturated rings. The van der Waals surface area contributed by atoms with Crippen LogP contribution < -0.4 is 11.1 Å². The number of hydrogen-bond acceptors (Lipinski definition) is 7. The predicted octanol–water partition coefficient (Wildman–Crippen LogP) is 3.16. The van der Waals surface area contributed by atoms with Gasteiger partial charge in [-0.3, -0.25) is 14.3 Å². The molecular weight excluding hydrogens is 474 g/mol. The SMILES string of the molecule is Cc1c(NC(=O)c2cc(C(N)=O)c3ccc(F)cc3n2)c(C(F)(F)F)nn1Cc1cc(C#N)no1. The van der Waals surface area contributed by atoms with Crippen LogP contribution in [0.25, 0.3) is 10.9 Å². The van der Waals surface area contributed by atoms with Crippen LogP contribution in [0.2, 0.25) is 0 Å². The molecule has 2 amide bonds. The number of rotatable bonds is 5. The normalized spacial score (nSPS) is 11.4. The van der Waals surface area contributed by atoms with Crippen LogP contribution in [0.4, 0.5) is 23.2 Å². The lowest BCUT2D eigenvalue weighted by Crippen LogP contribution is -2.19. The lowest BCUT2D eigenvalue weighted by Gasteiger charge is -2.10. The summed E-state index contributed by atoms with van der Waals surface area (Å²) in [6, 6.07) is 7.23. The molecule has 0 bridgehead atoms. The first-order chi connectivity index (χ1) is 16.5. The van der Waals surface area contributed by atoms with E-state index in [1.807, 2.05) is 0 Å². The van der Waals surface area contributed by atoms with Gasteiger partial charge in [0.15, 0.2) is 17.1 Å². The number of benzene rings is 1. The third-order valence-electron chi connectivity index (χ3n) is 4.96. The second-order valence-electron chi connectivity index (χ2n) is 7.29. The van der Waals surface area contributed by atoms with Gasteiger partial charge in [0.25, 0.3) is 5.91 Å². The predicted molar refractivity (Wildman–Crippen MR) is 110 cm³/mol. The summed E-state index contributed by atoms with van der Waals surface area (Å²) in [5, 5.41) is 18.1. The highest BCUT2D eigenvalue weighted by Gasteiger charge is 2.39. The molecule has 10 nitrogen and oxygen atoms in total. The number of pyridine rings is 1. The molecule has 14 heteroatoms. The third kappa shape index (κ3) is 4.51. The van der Waals surface area contributed by atoms with Crippen LogP contribution in [0.15, 0.2) is 34.9 Å². The number of alkyl halides is 3. The van der Waals surface area contributed by atoms with Crippen LogP contribution in [0.5, 0.6) is 0 Å². The molecule has 3 aromatic heterocycles. The highest BCUT2D eigenvalue weighted by molar-refractivity contribution is 6.10. The van der Waals surface area contributed by atoms with Crippen molar-refractivity contribution in [1.82, 2.24) is 19.9 Å². The Morgan fingerprint density at radius 2 is 2.00 bits per heavy atom. The number of amides is 2. The fourth-order valence-electron chi connectivity index (χ4n) is 3.34. The maximum atomic E-state index is 13.7. The van der Waals surface area contributed by atoms with Crippen molar-refractivity contribution in [2.45, 2.75) is 19.6 Å². The van der Waals surface area contributed by atoms with E-state index in [1.165, 1.54) is 19.1 Å². The first-order valence-corrected chi connectivity index (χ1v) is 9.69. The Hall–Kier alpha value is -4.80. The van der Waals surface area contributed by atoms with Crippen LogP contribution >= 0.6 is 0 Å². The molecule has 0 spiro atoms. The molecule has 1 aromatic carbocycles. The van der Waals surface area contributed by atoms with Crippen molar-refractivity contribution < 1.29 is 31.7 Å². The molecule has 3 N–H and O–H groups in total. The zero-order valence-corrected chi connectivity index (χ0v) is 17.6. The number of nitrogens with zero attached hydrogens (tertiary/aromatic N) is 5. The summed E-state index contributed by atoms with van der Waals surface area (Å²) in [4.78, 5) is 28.7. The minimum Gasteiger partial charge on any atom is -0.366 e. The number of hydrogen-bond donors (Lipinski definition) is 2. The average Bonchev–Trinajstić information content (AvgIpc) is 3.37. The van der Waals surface area contributed by atoms with Gasteiger partial charge >= 0.3 is 6.18 Å². The topological polar surface area (TPSA) is 153 Å². The molecule has 0 unspecified atom stereocenters. The van der Waals surface area contributed by atoms with Crippen LogP contribution in [0, 0.1) is 24.1 Å². The van der Waals surface area contributed by atoms with E-state index in [9.17, 15) is 27.2 Å². The maximum Gasteiger partial charge on any atom is 0.437 e. The fourth-order valence-corrected chi connectivity index (χ4v) is 3.34. The van der Waals surface area contributed by atoms with E-state index in [0.717, 1.165) is 22.9 Å². The minimum absolute atomic E-state index is 0.0584. The lowest BCUT2D eigenvalue weighted by molar-refractivity contribution is -0.140. The van der Waals surface area contributed by atoms with Gasteiger partial charge in [-0.15, -0.1) is 0 Å². The standard InChI is InChI=1S/C21H13F4N7O3/c1-9-17(18(21(23,24)25)30-32(9)8-12-5-11(7-26)31-35-12)29-20(34)16-6-14(19(27)33)13-3-2-10(22)4-15(13)28-16/h2-6H,8H2,1H3,(H2,27,33)(H,29,34). The number of fused-ring (bicyclic) bond motifs is 1. The third-order valence-corrected chi connectivity index (χ3v) is 4.96. The van der Waals surface area contributed by atoms with Gasteiger partial charge in [0.05, 0.1) is 22.5 Å². The first-order valence-electron chi connectivity index (χ1n) is 9.69. The van der Waals surface area contributed by atoms with Gasteiger partial charge in [-0.1, -0.05) is 5.16 Å². The number of halogens is 4. The second-order valence-corrected chi connectivity index (χ2v) is 7.29. The number of anilines is 1. The monoisotopic (exact) mass is 487 g/mol. The Labute approximate surface area is 192 Å². The zero-order chi connectivity index (χ0) is 25.5. The van der Waals surface area contributed by atoms with Gasteiger partial charge in [-0.05, 0) is 25.1 Å². The number of nitrogens with one attached hydrogen (secondary N) is 1. The Morgan fingerprint density at radius 3 is 2.63 bits per heavy atom. The summed E-state index contributed by atoms with van der Waals surface area (Å²) in [5.74, 6) is -2.70. The lowest BCUT2D eigenvalue weighted by atomic mass is 10.1. The quantitative estimate of drug-likeness (QED) is 0.410. The van der Waals surface area contributed by atoms with E-state index in [0.29, 0.717) is 0 Å². The number of nitrogens with two attached hydrogens (primary N) is 1. The van der Waals surface area contributed by atoms with E-state index >= 15 is 0 Å². The summed E-state index contributed by atoms with van der Waals surface area (Å²) >= 11 is 0. The van der Waals surface area contributed by atoms with Gasteiger partial charge in [0, 0.05) is 17.5 Å². The van der Waals surface area contributed by atoms with Crippen molar-refractivity contribution in [1.29, 1.82) is 5.26 Å². The van der Waals surface area contributed by atoms with Crippen molar-refractivity contribution in [2.75, 3.05) is 5.32 Å². The largest absolute Gasteiger partial charge is 0.437 e. The molecule has 3 heterocycles. The Balaban J connectivity index is 1.74. The van der Waals surface area contributed by atoms with Gasteiger partial charge in [0.1, 0.15) is 24.1 Å². The van der Waals surface area contributed by atoms with Crippen LogP contribution in [-0.4, -0.2) is 31.7 Å². The van der Waals surface area contributed by atoms with Crippen LogP contribution in [-0.2, 0) is 12.7 Å². The maximum absolute atomic E-state index is 13.7. The average molecular weight is 487 g/mol. The highest BCUT2D eigenvalue weighted by Crippen LogP contribution is 2.36. The molecular formula is C21H13F4N7O3. The Morgan fingerprint density at radius 1 is 1.26 bits per heavy atom. The van der Waals surface area contributed by atoms with E-state index < -0.39 is 40.9 Å². The number of carbonyl (C=O) groups excluding carboxylic acids is 2. The summed E-state index contributed by atoms with van der Waals surface area (Å²) in [6.45, 7) is 0.969. The molecule has 0 aliphatic carbocycles. The van der Waals surface area contributed by atoms with E-state index in [4.69, 9.17) is 15.5 Å². The van der Waals surface area contributed by atoms with Crippen molar-refractivity contribution in [3.63, 3.8) is 0 Å². The molecule has 0 radical (unpaired) electrons. The fraction of sp³-hybridized carbons (Fsp3) is 0.143. The second kappa shape index (κ2) is 8.52. The van der Waals surface area contributed by atoms with E-state index in [-0.39, 0.29) is 40.2 Å². The summed E-state index contributed by atoms with van der Waals surface area (Å²) < 4.78 is 60.6. The van der Waals surface area contributed by atoms with Crippen molar-refractivity contribution in [2.24, 2.45) is 5.73 Å². The van der Waals surface area contributed by atoms with Crippen LogP contribution in [0.3, 0.4) is 0 Å². The summed E-state index contributed by atoms with van der Waals surface area (Å²) in [5.41, 5.74) is 2.40. The molecule has 178 valence electrons. The van der Waals surface area contributed by atoms with Gasteiger partial charge < -0.3 is 15.6 Å².